The smallest absolute Gasteiger partial charge is 0.230 e. The number of hydrogen-bond acceptors (Lipinski definition) is 8. The first kappa shape index (κ1) is 22.5. The molecule has 1 saturated heterocycles. The molecule has 2 aromatic heterocycles. The summed E-state index contributed by atoms with van der Waals surface area (Å²) >= 11 is 1.50. The number of ether oxygens (including phenoxy) is 2. The number of aromatic nitrogens is 3. The van der Waals surface area contributed by atoms with Crippen LogP contribution in [0.1, 0.15) is 29.2 Å². The lowest BCUT2D eigenvalue weighted by Gasteiger charge is -2.40. The Balaban J connectivity index is 1.45. The summed E-state index contributed by atoms with van der Waals surface area (Å²) in [6.07, 6.45) is 0.732. The van der Waals surface area contributed by atoms with Crippen molar-refractivity contribution >= 4 is 22.0 Å². The van der Waals surface area contributed by atoms with Crippen LogP contribution in [0.3, 0.4) is 0 Å². The summed E-state index contributed by atoms with van der Waals surface area (Å²) in [5, 5.41) is 15.6. The van der Waals surface area contributed by atoms with Crippen LogP contribution in [0.15, 0.2) is 48.5 Å². The van der Waals surface area contributed by atoms with Crippen molar-refractivity contribution in [1.29, 1.82) is 0 Å². The summed E-state index contributed by atoms with van der Waals surface area (Å²) in [5.74, 6) is 2.56. The first-order valence-corrected chi connectivity index (χ1v) is 12.3. The lowest BCUT2D eigenvalue weighted by molar-refractivity contribution is 0.211. The Morgan fingerprint density at radius 2 is 1.74 bits per heavy atom. The van der Waals surface area contributed by atoms with Crippen molar-refractivity contribution in [3.05, 3.63) is 64.8 Å². The van der Waals surface area contributed by atoms with E-state index in [0.717, 1.165) is 60.4 Å². The molecule has 0 amide bonds. The molecule has 1 aliphatic rings. The maximum atomic E-state index is 11.2. The van der Waals surface area contributed by atoms with Gasteiger partial charge in [-0.3, -0.25) is 4.90 Å². The minimum Gasteiger partial charge on any atom is -0.497 e. The highest BCUT2D eigenvalue weighted by Gasteiger charge is 2.32. The van der Waals surface area contributed by atoms with Crippen LogP contribution < -0.4 is 14.4 Å². The molecule has 9 heteroatoms. The topological polar surface area (TPSA) is 75.4 Å². The van der Waals surface area contributed by atoms with Crippen molar-refractivity contribution < 1.29 is 14.6 Å². The number of nitrogens with zero attached hydrogens (tertiary/aromatic N) is 5. The summed E-state index contributed by atoms with van der Waals surface area (Å²) in [6, 6.07) is 16.2. The molecule has 1 N–H and O–H groups in total. The molecular formula is C25H29N5O3S. The van der Waals surface area contributed by atoms with Crippen molar-refractivity contribution in [2.75, 3.05) is 45.3 Å². The molecule has 0 saturated carbocycles. The van der Waals surface area contributed by atoms with Crippen molar-refractivity contribution in [2.45, 2.75) is 19.4 Å². The molecule has 1 aliphatic heterocycles. The largest absolute Gasteiger partial charge is 0.497 e. The van der Waals surface area contributed by atoms with Crippen LogP contribution in [0, 0.1) is 0 Å². The summed E-state index contributed by atoms with van der Waals surface area (Å²) in [5.41, 5.74) is 2.26. The van der Waals surface area contributed by atoms with Gasteiger partial charge < -0.3 is 19.5 Å². The number of piperazine rings is 1. The van der Waals surface area contributed by atoms with E-state index < -0.39 is 0 Å². The number of methoxy groups -OCH3 is 2. The van der Waals surface area contributed by atoms with Gasteiger partial charge in [-0.2, -0.15) is 4.52 Å². The van der Waals surface area contributed by atoms with Gasteiger partial charge in [-0.25, -0.2) is 4.98 Å². The molecule has 0 spiro atoms. The third-order valence-corrected chi connectivity index (χ3v) is 7.41. The van der Waals surface area contributed by atoms with E-state index in [4.69, 9.17) is 9.47 Å². The van der Waals surface area contributed by atoms with E-state index in [1.165, 1.54) is 17.0 Å². The molecule has 178 valence electrons. The number of fused-ring (bicyclic) bond motifs is 1. The molecule has 2 aromatic carbocycles. The maximum absolute atomic E-state index is 11.2. The lowest BCUT2D eigenvalue weighted by atomic mass is 10.0. The Bertz CT molecular complexity index is 1260. The van der Waals surface area contributed by atoms with Crippen LogP contribution in [0.2, 0.25) is 0 Å². The van der Waals surface area contributed by atoms with E-state index in [-0.39, 0.29) is 11.9 Å². The molecule has 4 aromatic rings. The predicted octanol–water partition coefficient (Wildman–Crippen LogP) is 3.99. The highest BCUT2D eigenvalue weighted by atomic mass is 32.1. The van der Waals surface area contributed by atoms with Gasteiger partial charge in [0.05, 0.1) is 25.1 Å². The van der Waals surface area contributed by atoms with Gasteiger partial charge in [0.1, 0.15) is 11.5 Å². The fourth-order valence-electron chi connectivity index (χ4n) is 4.49. The number of anilines is 1. The predicted molar refractivity (Wildman–Crippen MR) is 134 cm³/mol. The van der Waals surface area contributed by atoms with E-state index in [0.29, 0.717) is 4.96 Å². The van der Waals surface area contributed by atoms with Gasteiger partial charge in [0.15, 0.2) is 5.82 Å². The first-order valence-electron chi connectivity index (χ1n) is 11.5. The molecule has 1 atom stereocenters. The van der Waals surface area contributed by atoms with Crippen LogP contribution in [-0.2, 0) is 6.42 Å². The Morgan fingerprint density at radius 1 is 1.00 bits per heavy atom. The fourth-order valence-corrected chi connectivity index (χ4v) is 5.63. The number of aromatic hydroxyl groups is 1. The summed E-state index contributed by atoms with van der Waals surface area (Å²) in [4.78, 5) is 11.0. The van der Waals surface area contributed by atoms with Crippen LogP contribution in [0.25, 0.3) is 4.96 Å². The Labute approximate surface area is 203 Å². The molecule has 34 heavy (non-hydrogen) atoms. The number of rotatable bonds is 7. The van der Waals surface area contributed by atoms with Crippen LogP contribution in [0.5, 0.6) is 17.4 Å². The van der Waals surface area contributed by atoms with Gasteiger partial charge in [0.2, 0.25) is 10.8 Å². The quantitative estimate of drug-likeness (QED) is 0.430. The third-order valence-electron chi connectivity index (χ3n) is 6.33. The minimum atomic E-state index is -0.119. The van der Waals surface area contributed by atoms with Gasteiger partial charge >= 0.3 is 0 Å². The zero-order chi connectivity index (χ0) is 23.7. The van der Waals surface area contributed by atoms with Gasteiger partial charge in [-0.05, 0) is 42.0 Å². The molecule has 0 radical (unpaired) electrons. The highest BCUT2D eigenvalue weighted by molar-refractivity contribution is 7.17. The lowest BCUT2D eigenvalue weighted by Crippen LogP contribution is -2.47. The molecular weight excluding hydrogens is 450 g/mol. The van der Waals surface area contributed by atoms with Crippen LogP contribution in [0.4, 0.5) is 5.69 Å². The Morgan fingerprint density at radius 3 is 2.38 bits per heavy atom. The van der Waals surface area contributed by atoms with Gasteiger partial charge in [-0.1, -0.05) is 30.4 Å². The van der Waals surface area contributed by atoms with E-state index in [9.17, 15) is 5.11 Å². The molecule has 0 unspecified atom stereocenters. The first-order chi connectivity index (χ1) is 16.6. The van der Waals surface area contributed by atoms with Crippen molar-refractivity contribution in [2.24, 2.45) is 0 Å². The van der Waals surface area contributed by atoms with Crippen molar-refractivity contribution in [3.63, 3.8) is 0 Å². The summed E-state index contributed by atoms with van der Waals surface area (Å²) < 4.78 is 12.4. The molecule has 1 fully saturated rings. The van der Waals surface area contributed by atoms with E-state index >= 15 is 0 Å². The van der Waals surface area contributed by atoms with Crippen molar-refractivity contribution in [1.82, 2.24) is 19.5 Å². The average Bonchev–Trinajstić information content (AvgIpc) is 3.43. The standard InChI is InChI=1S/C25H29N5O3S/c1-4-21-26-25-30(27-21)24(31)23(34-25)22(17-6-5-7-20(16-17)33-3)29-14-12-28(13-15-29)18-8-10-19(32-2)11-9-18/h5-11,16,22,31H,4,12-15H2,1-3H3/t22-/m1/s1. The van der Waals surface area contributed by atoms with E-state index in [2.05, 4.69) is 38.1 Å². The molecule has 0 bridgehead atoms. The number of aryl methyl sites for hydroxylation is 1. The summed E-state index contributed by atoms with van der Waals surface area (Å²) in [7, 11) is 3.36. The Hall–Kier alpha value is -3.30. The highest BCUT2D eigenvalue weighted by Crippen LogP contribution is 2.41. The SMILES string of the molecule is CCc1nc2sc([C@@H](c3cccc(OC)c3)N3CCN(c4ccc(OC)cc4)CC3)c(O)n2n1. The minimum absolute atomic E-state index is 0.119. The zero-order valence-corrected chi connectivity index (χ0v) is 20.5. The average molecular weight is 480 g/mol. The van der Waals surface area contributed by atoms with E-state index in [1.807, 2.05) is 37.3 Å². The second-order valence-corrected chi connectivity index (χ2v) is 9.28. The normalized spacial score (nSPS) is 15.6. The maximum Gasteiger partial charge on any atom is 0.230 e. The van der Waals surface area contributed by atoms with Gasteiger partial charge in [0.25, 0.3) is 0 Å². The molecule has 0 aliphatic carbocycles. The summed E-state index contributed by atoms with van der Waals surface area (Å²) in [6.45, 7) is 5.48. The van der Waals surface area contributed by atoms with Gasteiger partial charge in [0, 0.05) is 38.3 Å². The molecule has 8 nitrogen and oxygen atoms in total. The second-order valence-electron chi connectivity index (χ2n) is 8.27. The van der Waals surface area contributed by atoms with Gasteiger partial charge in [-0.15, -0.1) is 5.10 Å². The fraction of sp³-hybridized carbons (Fsp3) is 0.360. The monoisotopic (exact) mass is 479 g/mol. The molecule has 3 heterocycles. The van der Waals surface area contributed by atoms with Crippen molar-refractivity contribution in [3.8, 4) is 17.4 Å². The second kappa shape index (κ2) is 9.52. The third kappa shape index (κ3) is 4.17. The van der Waals surface area contributed by atoms with Crippen LogP contribution >= 0.6 is 11.3 Å². The molecule has 5 rings (SSSR count). The number of hydrogen-bond donors (Lipinski definition) is 1. The Kier molecular flexibility index (Phi) is 6.30. The van der Waals surface area contributed by atoms with Crippen LogP contribution in [-0.4, -0.2) is 65.0 Å². The number of benzene rings is 2. The zero-order valence-electron chi connectivity index (χ0n) is 19.6. The number of thiazole rings is 1. The van der Waals surface area contributed by atoms with E-state index in [1.54, 1.807) is 18.7 Å².